The lowest BCUT2D eigenvalue weighted by molar-refractivity contribution is -0.146. The minimum atomic E-state index is -0.964. The van der Waals surface area contributed by atoms with E-state index in [0.29, 0.717) is 0 Å². The van der Waals surface area contributed by atoms with Crippen molar-refractivity contribution in [3.63, 3.8) is 0 Å². The van der Waals surface area contributed by atoms with Crippen molar-refractivity contribution < 1.29 is 14.6 Å². The maximum atomic E-state index is 10.9. The summed E-state index contributed by atoms with van der Waals surface area (Å²) in [5.41, 5.74) is 2.60. The Morgan fingerprint density at radius 3 is 2.00 bits per heavy atom. The van der Waals surface area contributed by atoms with Gasteiger partial charge in [-0.3, -0.25) is 0 Å². The van der Waals surface area contributed by atoms with Gasteiger partial charge >= 0.3 is 5.97 Å². The van der Waals surface area contributed by atoms with Gasteiger partial charge in [0.15, 0.2) is 6.10 Å². The van der Waals surface area contributed by atoms with Crippen LogP contribution < -0.4 is 0 Å². The highest BCUT2D eigenvalue weighted by Gasteiger charge is 2.22. The van der Waals surface area contributed by atoms with E-state index in [4.69, 9.17) is 9.84 Å². The second-order valence-corrected chi connectivity index (χ2v) is 3.99. The van der Waals surface area contributed by atoms with Gasteiger partial charge in [0.05, 0.1) is 0 Å². The lowest BCUT2D eigenvalue weighted by Gasteiger charge is -2.20. The van der Waals surface area contributed by atoms with Gasteiger partial charge in [-0.1, -0.05) is 26.0 Å². The van der Waals surface area contributed by atoms with Crippen molar-refractivity contribution in [3.8, 4) is 0 Å². The molecule has 0 bridgehead atoms. The van der Waals surface area contributed by atoms with Gasteiger partial charge in [0.1, 0.15) is 0 Å². The average Bonchev–Trinajstić information content (AvgIpc) is 2.02. The van der Waals surface area contributed by atoms with E-state index < -0.39 is 12.1 Å². The summed E-state index contributed by atoms with van der Waals surface area (Å²) in [7, 11) is 1.40. The van der Waals surface area contributed by atoms with Crippen LogP contribution in [0.25, 0.3) is 0 Å². The van der Waals surface area contributed by atoms with Crippen LogP contribution in [0, 0.1) is 5.92 Å². The molecule has 0 aromatic carbocycles. The summed E-state index contributed by atoms with van der Waals surface area (Å²) in [6, 6.07) is 0. The molecule has 0 heterocycles. The summed E-state index contributed by atoms with van der Waals surface area (Å²) in [4.78, 5) is 10.9. The van der Waals surface area contributed by atoms with Crippen molar-refractivity contribution in [2.24, 2.45) is 5.92 Å². The van der Waals surface area contributed by atoms with Gasteiger partial charge in [-0.25, -0.2) is 4.79 Å². The van der Waals surface area contributed by atoms with Crippen LogP contribution in [0.15, 0.2) is 23.3 Å². The molecule has 3 nitrogen and oxygen atoms in total. The third-order valence-corrected chi connectivity index (χ3v) is 2.32. The number of carbonyl (C=O) groups is 1. The second kappa shape index (κ2) is 5.71. The van der Waals surface area contributed by atoms with Crippen molar-refractivity contribution in [2.45, 2.75) is 33.8 Å². The summed E-state index contributed by atoms with van der Waals surface area (Å²) in [6.07, 6.45) is -0.876. The fourth-order valence-corrected chi connectivity index (χ4v) is 1.89. The Bertz CT molecular complexity index is 287. The summed E-state index contributed by atoms with van der Waals surface area (Å²) in [6.45, 7) is 11.6. The minimum Gasteiger partial charge on any atom is -0.479 e. The van der Waals surface area contributed by atoms with E-state index in [1.165, 1.54) is 7.11 Å². The fraction of sp³-hybridized carbons (Fsp3) is 0.583. The first-order chi connectivity index (χ1) is 6.82. The maximum absolute atomic E-state index is 10.9. The largest absolute Gasteiger partial charge is 0.479 e. The van der Waals surface area contributed by atoms with Crippen molar-refractivity contribution in [1.29, 1.82) is 0 Å². The zero-order valence-corrected chi connectivity index (χ0v) is 10.1. The first kappa shape index (κ1) is 13.9. The van der Waals surface area contributed by atoms with Crippen LogP contribution in [-0.2, 0) is 9.53 Å². The molecule has 0 rings (SSSR count). The molecule has 0 radical (unpaired) electrons. The third kappa shape index (κ3) is 3.51. The predicted octanol–water partition coefficient (Wildman–Crippen LogP) is 2.63. The van der Waals surface area contributed by atoms with E-state index in [-0.39, 0.29) is 5.92 Å². The zero-order chi connectivity index (χ0) is 12.2. The van der Waals surface area contributed by atoms with Crippen molar-refractivity contribution >= 4 is 5.97 Å². The van der Waals surface area contributed by atoms with Crippen molar-refractivity contribution in [2.75, 3.05) is 7.11 Å². The highest BCUT2D eigenvalue weighted by atomic mass is 16.5. The molecule has 0 amide bonds. The smallest absolute Gasteiger partial charge is 0.337 e. The van der Waals surface area contributed by atoms with Gasteiger partial charge in [-0.05, 0) is 30.9 Å². The number of hydrogen-bond acceptors (Lipinski definition) is 2. The third-order valence-electron chi connectivity index (χ3n) is 2.32. The van der Waals surface area contributed by atoms with Gasteiger partial charge in [-0.15, -0.1) is 0 Å². The van der Waals surface area contributed by atoms with E-state index in [1.54, 1.807) is 6.92 Å². The van der Waals surface area contributed by atoms with Crippen LogP contribution in [0.2, 0.25) is 0 Å². The predicted molar refractivity (Wildman–Crippen MR) is 60.8 cm³/mol. The van der Waals surface area contributed by atoms with Crippen LogP contribution in [-0.4, -0.2) is 24.3 Å². The lowest BCUT2D eigenvalue weighted by atomic mass is 9.90. The summed E-state index contributed by atoms with van der Waals surface area (Å²) < 4.78 is 4.96. The molecule has 0 aliphatic rings. The molecule has 1 N–H and O–H groups in total. The van der Waals surface area contributed by atoms with Gasteiger partial charge in [0, 0.05) is 7.11 Å². The molecule has 1 atom stereocenters. The van der Waals surface area contributed by atoms with E-state index in [9.17, 15) is 4.79 Å². The normalized spacial score (nSPS) is 14.8. The van der Waals surface area contributed by atoms with Crippen LogP contribution in [0.4, 0.5) is 0 Å². The molecular weight excluding hydrogens is 192 g/mol. The summed E-state index contributed by atoms with van der Waals surface area (Å²) in [5, 5.41) is 8.97. The second-order valence-electron chi connectivity index (χ2n) is 3.99. The van der Waals surface area contributed by atoms with Crippen molar-refractivity contribution in [3.05, 3.63) is 23.3 Å². The molecule has 0 aliphatic carbocycles. The monoisotopic (exact) mass is 212 g/mol. The Balaban J connectivity index is 5.33. The number of ether oxygens (including phenoxy) is 1. The lowest BCUT2D eigenvalue weighted by Crippen LogP contribution is -2.25. The number of carboxylic acids is 1. The van der Waals surface area contributed by atoms with Crippen LogP contribution in [0.5, 0.6) is 0 Å². The molecule has 0 aromatic heterocycles. The Hall–Kier alpha value is -1.09. The minimum absolute atomic E-state index is 0.250. The molecule has 0 spiro atoms. The first-order valence-corrected chi connectivity index (χ1v) is 4.95. The molecule has 0 saturated heterocycles. The maximum Gasteiger partial charge on any atom is 0.337 e. The molecule has 86 valence electrons. The Morgan fingerprint density at radius 1 is 1.33 bits per heavy atom. The molecular formula is C12H20O3. The zero-order valence-electron chi connectivity index (χ0n) is 10.1. The molecule has 1 unspecified atom stereocenters. The number of carboxylic acid groups (broad SMARTS) is 1. The van der Waals surface area contributed by atoms with Gasteiger partial charge in [0.2, 0.25) is 0 Å². The van der Waals surface area contributed by atoms with Gasteiger partial charge in [0.25, 0.3) is 0 Å². The van der Waals surface area contributed by atoms with Gasteiger partial charge < -0.3 is 9.84 Å². The van der Waals surface area contributed by atoms with Crippen LogP contribution >= 0.6 is 0 Å². The molecule has 0 fully saturated rings. The van der Waals surface area contributed by atoms with Crippen LogP contribution in [0.1, 0.15) is 27.7 Å². The van der Waals surface area contributed by atoms with E-state index in [0.717, 1.165) is 16.7 Å². The molecule has 0 aromatic rings. The molecule has 0 aliphatic heterocycles. The van der Waals surface area contributed by atoms with Crippen molar-refractivity contribution in [1.82, 2.24) is 0 Å². The van der Waals surface area contributed by atoms with Crippen LogP contribution in [0.3, 0.4) is 0 Å². The number of allylic oxidation sites excluding steroid dienone is 2. The summed E-state index contributed by atoms with van der Waals surface area (Å²) in [5.74, 6) is -0.714. The topological polar surface area (TPSA) is 46.5 Å². The first-order valence-electron chi connectivity index (χ1n) is 4.95. The fourth-order valence-electron chi connectivity index (χ4n) is 1.89. The van der Waals surface area contributed by atoms with E-state index in [2.05, 4.69) is 6.58 Å². The Kier molecular flexibility index (Phi) is 5.29. The number of hydrogen-bond donors (Lipinski definition) is 1. The summed E-state index contributed by atoms with van der Waals surface area (Å²) >= 11 is 0. The SMILES string of the molecule is C=C(C)/C(=C(/C)C(OC)C(=O)O)C(C)C. The average molecular weight is 212 g/mol. The standard InChI is InChI=1S/C12H20O3/c1-7(2)10(8(3)4)9(5)11(15-6)12(13)14/h8,11H,1H2,2-6H3,(H,13,14)/b10-9+. The Morgan fingerprint density at radius 2 is 1.80 bits per heavy atom. The van der Waals surface area contributed by atoms with Gasteiger partial charge in [-0.2, -0.15) is 0 Å². The highest BCUT2D eigenvalue weighted by Crippen LogP contribution is 2.24. The van der Waals surface area contributed by atoms with E-state index >= 15 is 0 Å². The number of methoxy groups -OCH3 is 1. The Labute approximate surface area is 91.4 Å². The molecule has 3 heteroatoms. The highest BCUT2D eigenvalue weighted by molar-refractivity contribution is 5.76. The molecule has 0 saturated carbocycles. The number of aliphatic carboxylic acids is 1. The number of rotatable bonds is 5. The van der Waals surface area contributed by atoms with E-state index in [1.807, 2.05) is 20.8 Å². The molecule has 15 heavy (non-hydrogen) atoms. The quantitative estimate of drug-likeness (QED) is 0.712.